The first-order chi connectivity index (χ1) is 9.33. The van der Waals surface area contributed by atoms with Crippen molar-refractivity contribution >= 4 is 28.8 Å². The van der Waals surface area contributed by atoms with Gasteiger partial charge in [0, 0.05) is 30.7 Å². The van der Waals surface area contributed by atoms with Crippen LogP contribution in [-0.4, -0.2) is 23.4 Å². The Labute approximate surface area is 116 Å². The highest BCUT2D eigenvalue weighted by Crippen LogP contribution is 2.22. The lowest BCUT2D eigenvalue weighted by Crippen LogP contribution is -2.17. The van der Waals surface area contributed by atoms with Crippen LogP contribution in [0.25, 0.3) is 0 Å². The van der Waals surface area contributed by atoms with Crippen LogP contribution in [0.2, 0.25) is 0 Å². The molecule has 1 amide bonds. The monoisotopic (exact) mass is 273 g/mol. The van der Waals surface area contributed by atoms with Crippen molar-refractivity contribution in [1.29, 1.82) is 0 Å². The van der Waals surface area contributed by atoms with E-state index in [9.17, 15) is 4.79 Å². The maximum Gasteiger partial charge on any atom is 0.267 e. The van der Waals surface area contributed by atoms with E-state index in [0.717, 1.165) is 18.8 Å². The Morgan fingerprint density at radius 3 is 2.53 bits per heavy atom. The first-order valence-electron chi connectivity index (χ1n) is 6.40. The fourth-order valence-electron chi connectivity index (χ4n) is 2.26. The van der Waals surface area contributed by atoms with E-state index in [4.69, 9.17) is 0 Å². The molecule has 1 aromatic carbocycles. The number of carbonyl (C=O) groups is 1. The molecule has 0 radical (unpaired) electrons. The van der Waals surface area contributed by atoms with Gasteiger partial charge in [-0.25, -0.2) is 4.37 Å². The number of hydrogen-bond donors (Lipinski definition) is 1. The maximum atomic E-state index is 11.9. The van der Waals surface area contributed by atoms with Gasteiger partial charge < -0.3 is 10.2 Å². The Morgan fingerprint density at radius 2 is 1.89 bits per heavy atom. The number of nitrogens with zero attached hydrogens (tertiary/aromatic N) is 2. The average Bonchev–Trinajstić information content (AvgIpc) is 3.13. The van der Waals surface area contributed by atoms with Gasteiger partial charge in [0.25, 0.3) is 5.91 Å². The van der Waals surface area contributed by atoms with Gasteiger partial charge in [0.05, 0.1) is 0 Å². The van der Waals surface area contributed by atoms with Gasteiger partial charge in [-0.3, -0.25) is 4.79 Å². The summed E-state index contributed by atoms with van der Waals surface area (Å²) in [7, 11) is 0. The fourth-order valence-corrected chi connectivity index (χ4v) is 2.75. The molecule has 0 saturated carbocycles. The van der Waals surface area contributed by atoms with Gasteiger partial charge in [0.2, 0.25) is 0 Å². The maximum absolute atomic E-state index is 11.9. The van der Waals surface area contributed by atoms with E-state index in [2.05, 4.69) is 26.7 Å². The van der Waals surface area contributed by atoms with Crippen LogP contribution in [0.1, 0.15) is 22.5 Å². The number of benzene rings is 1. The molecule has 1 saturated heterocycles. The van der Waals surface area contributed by atoms with Gasteiger partial charge in [-0.05, 0) is 54.7 Å². The van der Waals surface area contributed by atoms with Crippen LogP contribution in [0.5, 0.6) is 0 Å². The molecule has 19 heavy (non-hydrogen) atoms. The largest absolute Gasteiger partial charge is 0.372 e. The lowest BCUT2D eigenvalue weighted by atomic mass is 10.2. The molecule has 1 aliphatic rings. The molecule has 2 aromatic rings. The van der Waals surface area contributed by atoms with Crippen LogP contribution in [0, 0.1) is 0 Å². The minimum atomic E-state index is -0.101. The molecule has 1 fully saturated rings. The summed E-state index contributed by atoms with van der Waals surface area (Å²) in [5.74, 6) is -0.101. The van der Waals surface area contributed by atoms with Gasteiger partial charge in [0.15, 0.2) is 0 Å². The molecule has 0 aliphatic carbocycles. The van der Waals surface area contributed by atoms with E-state index < -0.39 is 0 Å². The zero-order valence-corrected chi connectivity index (χ0v) is 11.3. The quantitative estimate of drug-likeness (QED) is 0.935. The summed E-state index contributed by atoms with van der Waals surface area (Å²) in [6.07, 6.45) is 4.17. The highest BCUT2D eigenvalue weighted by atomic mass is 32.1. The van der Waals surface area contributed by atoms with Gasteiger partial charge in [-0.15, -0.1) is 0 Å². The number of carbonyl (C=O) groups excluding carboxylic acids is 1. The number of anilines is 2. The summed E-state index contributed by atoms with van der Waals surface area (Å²) < 4.78 is 3.93. The Balaban J connectivity index is 1.67. The van der Waals surface area contributed by atoms with Crippen LogP contribution in [0.4, 0.5) is 11.4 Å². The van der Waals surface area contributed by atoms with Gasteiger partial charge in [-0.1, -0.05) is 0 Å². The topological polar surface area (TPSA) is 45.2 Å². The molecule has 1 N–H and O–H groups in total. The van der Waals surface area contributed by atoms with Gasteiger partial charge >= 0.3 is 0 Å². The van der Waals surface area contributed by atoms with Crippen LogP contribution in [0.15, 0.2) is 36.5 Å². The Kier molecular flexibility index (Phi) is 3.46. The fraction of sp³-hybridized carbons (Fsp3) is 0.286. The molecule has 0 spiro atoms. The Morgan fingerprint density at radius 1 is 1.16 bits per heavy atom. The van der Waals surface area contributed by atoms with Crippen molar-refractivity contribution in [3.8, 4) is 0 Å². The van der Waals surface area contributed by atoms with Crippen molar-refractivity contribution in [2.24, 2.45) is 0 Å². The first-order valence-corrected chi connectivity index (χ1v) is 7.17. The van der Waals surface area contributed by atoms with Crippen LogP contribution < -0.4 is 10.2 Å². The molecule has 1 aromatic heterocycles. The van der Waals surface area contributed by atoms with Crippen LogP contribution >= 0.6 is 11.5 Å². The molecule has 5 heteroatoms. The lowest BCUT2D eigenvalue weighted by molar-refractivity contribution is 0.103. The number of rotatable bonds is 3. The molecule has 98 valence electrons. The molecule has 2 heterocycles. The second kappa shape index (κ2) is 5.40. The average molecular weight is 273 g/mol. The third-order valence-corrected chi connectivity index (χ3v) is 4.00. The van der Waals surface area contributed by atoms with Crippen molar-refractivity contribution < 1.29 is 4.79 Å². The van der Waals surface area contributed by atoms with E-state index in [1.54, 1.807) is 12.3 Å². The predicted octanol–water partition coefficient (Wildman–Crippen LogP) is 3.00. The minimum absolute atomic E-state index is 0.101. The Bertz CT molecular complexity index is 545. The zero-order chi connectivity index (χ0) is 13.1. The number of hydrogen-bond acceptors (Lipinski definition) is 4. The third-order valence-electron chi connectivity index (χ3n) is 3.26. The number of aromatic nitrogens is 1. The molecule has 0 bridgehead atoms. The van der Waals surface area contributed by atoms with E-state index in [1.807, 2.05) is 12.1 Å². The molecule has 0 unspecified atom stereocenters. The summed E-state index contributed by atoms with van der Waals surface area (Å²) >= 11 is 1.20. The summed E-state index contributed by atoms with van der Waals surface area (Å²) in [6.45, 7) is 2.26. The van der Waals surface area contributed by atoms with E-state index in [1.165, 1.54) is 30.1 Å². The van der Waals surface area contributed by atoms with E-state index in [0.29, 0.717) is 4.88 Å². The summed E-state index contributed by atoms with van der Waals surface area (Å²) in [6, 6.07) is 9.75. The lowest BCUT2D eigenvalue weighted by Gasteiger charge is -2.17. The van der Waals surface area contributed by atoms with Crippen LogP contribution in [-0.2, 0) is 0 Å². The predicted molar refractivity (Wildman–Crippen MR) is 78.0 cm³/mol. The molecular formula is C14H15N3OS. The first kappa shape index (κ1) is 12.2. The molecule has 3 rings (SSSR count). The van der Waals surface area contributed by atoms with Crippen molar-refractivity contribution in [2.75, 3.05) is 23.3 Å². The highest BCUT2D eigenvalue weighted by Gasteiger charge is 2.12. The molecule has 0 atom stereocenters. The van der Waals surface area contributed by atoms with Crippen molar-refractivity contribution in [3.05, 3.63) is 41.4 Å². The van der Waals surface area contributed by atoms with Gasteiger partial charge in [0.1, 0.15) is 4.88 Å². The molecule has 4 nitrogen and oxygen atoms in total. The smallest absolute Gasteiger partial charge is 0.267 e. The minimum Gasteiger partial charge on any atom is -0.372 e. The summed E-state index contributed by atoms with van der Waals surface area (Å²) in [5.41, 5.74) is 2.05. The van der Waals surface area contributed by atoms with E-state index in [-0.39, 0.29) is 5.91 Å². The Hall–Kier alpha value is -1.88. The summed E-state index contributed by atoms with van der Waals surface area (Å²) in [4.78, 5) is 14.9. The van der Waals surface area contributed by atoms with Crippen molar-refractivity contribution in [1.82, 2.24) is 4.37 Å². The highest BCUT2D eigenvalue weighted by molar-refractivity contribution is 7.08. The standard InChI is InChI=1S/C14H15N3OS/c18-14(13-7-8-15-19-13)16-11-3-5-12(6-4-11)17-9-1-2-10-17/h3-8H,1-2,9-10H2,(H,16,18). The third kappa shape index (κ3) is 2.76. The van der Waals surface area contributed by atoms with Crippen molar-refractivity contribution in [2.45, 2.75) is 12.8 Å². The van der Waals surface area contributed by atoms with Crippen molar-refractivity contribution in [3.63, 3.8) is 0 Å². The second-order valence-corrected chi connectivity index (χ2v) is 5.41. The molecular weight excluding hydrogens is 258 g/mol. The molecule has 1 aliphatic heterocycles. The van der Waals surface area contributed by atoms with Crippen LogP contribution in [0.3, 0.4) is 0 Å². The van der Waals surface area contributed by atoms with E-state index >= 15 is 0 Å². The summed E-state index contributed by atoms with van der Waals surface area (Å²) in [5, 5.41) is 2.88. The zero-order valence-electron chi connectivity index (χ0n) is 10.5. The number of nitrogens with one attached hydrogen (secondary N) is 1. The normalized spacial score (nSPS) is 14.6. The van der Waals surface area contributed by atoms with Gasteiger partial charge in [-0.2, -0.15) is 0 Å². The second-order valence-electron chi connectivity index (χ2n) is 4.57. The number of amides is 1. The SMILES string of the molecule is O=C(Nc1ccc(N2CCCC2)cc1)c1ccns1.